The summed E-state index contributed by atoms with van der Waals surface area (Å²) in [5.41, 5.74) is 4.04. The first kappa shape index (κ1) is 36.3. The number of aromatic nitrogens is 2. The number of carbonyl (C=O) groups is 2. The van der Waals surface area contributed by atoms with Crippen LogP contribution in [0.15, 0.2) is 65.0 Å². The molecule has 1 fully saturated rings. The third-order valence-corrected chi connectivity index (χ3v) is 7.25. The van der Waals surface area contributed by atoms with Crippen LogP contribution in [0.2, 0.25) is 0 Å². The number of anilines is 3. The lowest BCUT2D eigenvalue weighted by atomic mass is 10.0. The van der Waals surface area contributed by atoms with Gasteiger partial charge in [-0.1, -0.05) is 58.1 Å². The lowest BCUT2D eigenvalue weighted by Gasteiger charge is -2.24. The van der Waals surface area contributed by atoms with Crippen LogP contribution < -0.4 is 26.0 Å². The highest BCUT2D eigenvalue weighted by Gasteiger charge is 2.30. The van der Waals surface area contributed by atoms with Crippen LogP contribution in [0.4, 0.5) is 17.2 Å². The monoisotopic (exact) mass is 642 g/mol. The van der Waals surface area contributed by atoms with E-state index in [-0.39, 0.29) is 23.3 Å². The third kappa shape index (κ3) is 9.40. The average molecular weight is 643 g/mol. The molecular weight excluding hydrogens is 596 g/mol. The van der Waals surface area contributed by atoms with Crippen LogP contribution in [-0.4, -0.2) is 73.0 Å². The largest absolute Gasteiger partial charge is 0.494 e. The van der Waals surface area contributed by atoms with Crippen LogP contribution in [0.25, 0.3) is 5.57 Å². The van der Waals surface area contributed by atoms with E-state index in [1.807, 2.05) is 57.7 Å². The molecule has 1 aliphatic heterocycles. The second kappa shape index (κ2) is 18.1. The van der Waals surface area contributed by atoms with E-state index in [1.54, 1.807) is 25.4 Å². The number of aliphatic imine (C=N–C) groups is 1. The average Bonchev–Trinajstić information content (AvgIpc) is 3.97. The summed E-state index contributed by atoms with van der Waals surface area (Å²) in [6.45, 7) is 8.87. The second-order valence-electron chi connectivity index (χ2n) is 10.4. The van der Waals surface area contributed by atoms with Crippen LogP contribution >= 0.6 is 0 Å². The number of amides is 2. The second-order valence-corrected chi connectivity index (χ2v) is 10.4. The van der Waals surface area contributed by atoms with Crippen molar-refractivity contribution in [2.45, 2.75) is 53.4 Å². The highest BCUT2D eigenvalue weighted by atomic mass is 16.5. The predicted octanol–water partition coefficient (Wildman–Crippen LogP) is 5.26. The lowest BCUT2D eigenvalue weighted by Crippen LogP contribution is -2.34. The van der Waals surface area contributed by atoms with Gasteiger partial charge in [0.2, 0.25) is 5.91 Å². The van der Waals surface area contributed by atoms with Gasteiger partial charge in [-0.2, -0.15) is 0 Å². The van der Waals surface area contributed by atoms with Crippen molar-refractivity contribution in [2.24, 2.45) is 10.9 Å². The Hall–Kier alpha value is -5.22. The number of amidine groups is 1. The number of allylic oxidation sites excluding steroid dienone is 2. The summed E-state index contributed by atoms with van der Waals surface area (Å²) in [5, 5.41) is 19.8. The van der Waals surface area contributed by atoms with Gasteiger partial charge in [-0.15, -0.1) is 10.2 Å². The van der Waals surface area contributed by atoms with Crippen molar-refractivity contribution >= 4 is 46.4 Å². The maximum absolute atomic E-state index is 12.6. The molecule has 1 aromatic carbocycles. The molecule has 2 amide bonds. The minimum Gasteiger partial charge on any atom is -0.494 e. The van der Waals surface area contributed by atoms with Crippen molar-refractivity contribution in [1.29, 1.82) is 0 Å². The zero-order valence-electron chi connectivity index (χ0n) is 28.4. The number of ether oxygens (including phenoxy) is 1. The Morgan fingerprint density at radius 2 is 1.87 bits per heavy atom. The highest BCUT2D eigenvalue weighted by Crippen LogP contribution is 2.37. The van der Waals surface area contributed by atoms with E-state index in [0.717, 1.165) is 42.4 Å². The van der Waals surface area contributed by atoms with Crippen LogP contribution in [0.5, 0.6) is 5.75 Å². The van der Waals surface area contributed by atoms with Crippen molar-refractivity contribution in [1.82, 2.24) is 25.7 Å². The van der Waals surface area contributed by atoms with Crippen molar-refractivity contribution < 1.29 is 19.1 Å². The Balaban J connectivity index is 0.00000144. The lowest BCUT2D eigenvalue weighted by molar-refractivity contribution is -0.117. The van der Waals surface area contributed by atoms with E-state index in [4.69, 9.17) is 4.74 Å². The number of para-hydroxylation sites is 1. The Kier molecular flexibility index (Phi) is 13.9. The van der Waals surface area contributed by atoms with Crippen LogP contribution in [-0.2, 0) is 9.59 Å². The van der Waals surface area contributed by atoms with Gasteiger partial charge in [0.15, 0.2) is 29.0 Å². The fraction of sp³-hybridized carbons (Fsp3) is 0.400. The van der Waals surface area contributed by atoms with Gasteiger partial charge < -0.3 is 30.9 Å². The van der Waals surface area contributed by atoms with E-state index in [1.165, 1.54) is 7.05 Å². The summed E-state index contributed by atoms with van der Waals surface area (Å²) in [6.07, 6.45) is 11.9. The molecule has 2 aliphatic carbocycles. The molecule has 2 aromatic rings. The first-order chi connectivity index (χ1) is 22.9. The smallest absolute Gasteiger partial charge is 0.273 e. The van der Waals surface area contributed by atoms with Gasteiger partial charge >= 0.3 is 0 Å². The molecule has 5 rings (SSSR count). The fourth-order valence-electron chi connectivity index (χ4n) is 4.82. The Morgan fingerprint density at radius 1 is 1.11 bits per heavy atom. The molecular formula is C35H46N8O4. The van der Waals surface area contributed by atoms with Crippen molar-refractivity contribution in [3.05, 3.63) is 71.2 Å². The van der Waals surface area contributed by atoms with Crippen molar-refractivity contribution in [3.63, 3.8) is 0 Å². The van der Waals surface area contributed by atoms with Gasteiger partial charge in [0.1, 0.15) is 5.75 Å². The zero-order chi connectivity index (χ0) is 34.3. The number of methoxy groups -OCH3 is 1. The molecule has 0 atom stereocenters. The molecule has 0 saturated heterocycles. The van der Waals surface area contributed by atoms with Crippen LogP contribution in [0.1, 0.15) is 69.4 Å². The van der Waals surface area contributed by atoms with Crippen molar-refractivity contribution in [3.8, 4) is 5.75 Å². The van der Waals surface area contributed by atoms with Gasteiger partial charge in [-0.05, 0) is 37.3 Å². The molecule has 1 aromatic heterocycles. The van der Waals surface area contributed by atoms with Gasteiger partial charge in [0.25, 0.3) is 5.91 Å². The number of hydrogen-bond donors (Lipinski definition) is 4. The molecule has 3 aliphatic rings. The molecule has 0 radical (unpaired) electrons. The quantitative estimate of drug-likeness (QED) is 0.241. The van der Waals surface area contributed by atoms with Crippen LogP contribution in [0.3, 0.4) is 0 Å². The molecule has 0 unspecified atom stereocenters. The zero-order valence-corrected chi connectivity index (χ0v) is 28.4. The summed E-state index contributed by atoms with van der Waals surface area (Å²) in [7, 11) is 4.90. The SMILES string of the molecule is CC.CC.CNC(=O)c1nnc(NC(=O)C2CC2)cc1Nc1cccc(C2=CNC(C(=C=O)N(C)CC3=CCCC=C3)=NC2)c1OC. The Bertz CT molecular complexity index is 1600. The van der Waals surface area contributed by atoms with Gasteiger partial charge in [-0.3, -0.25) is 14.6 Å². The Labute approximate surface area is 277 Å². The summed E-state index contributed by atoms with van der Waals surface area (Å²) < 4.78 is 5.81. The van der Waals surface area contributed by atoms with Crippen molar-refractivity contribution in [2.75, 3.05) is 44.9 Å². The minimum absolute atomic E-state index is 0.0147. The number of benzene rings is 1. The number of nitrogens with one attached hydrogen (secondary N) is 4. The maximum atomic E-state index is 12.6. The number of hydrogen-bond acceptors (Lipinski definition) is 10. The number of likely N-dealkylation sites (N-methyl/N-ethyl adjacent to an activating group) is 1. The summed E-state index contributed by atoms with van der Waals surface area (Å²) >= 11 is 0. The maximum Gasteiger partial charge on any atom is 0.273 e. The summed E-state index contributed by atoms with van der Waals surface area (Å²) in [6, 6.07) is 7.13. The topological polar surface area (TPSA) is 150 Å². The molecule has 12 heteroatoms. The molecule has 4 N–H and O–H groups in total. The molecule has 250 valence electrons. The predicted molar refractivity (Wildman–Crippen MR) is 187 cm³/mol. The Morgan fingerprint density at radius 3 is 2.47 bits per heavy atom. The summed E-state index contributed by atoms with van der Waals surface area (Å²) in [4.78, 5) is 43.2. The third-order valence-electron chi connectivity index (χ3n) is 7.25. The molecule has 12 nitrogen and oxygen atoms in total. The number of carbonyl (C=O) groups excluding carboxylic acids is 3. The molecule has 1 saturated carbocycles. The van der Waals surface area contributed by atoms with E-state index < -0.39 is 5.91 Å². The first-order valence-corrected chi connectivity index (χ1v) is 16.1. The normalized spacial score (nSPS) is 14.5. The number of rotatable bonds is 11. The van der Waals surface area contributed by atoms with E-state index >= 15 is 0 Å². The number of nitrogens with zero attached hydrogens (tertiary/aromatic N) is 4. The van der Waals surface area contributed by atoms with Gasteiger partial charge in [0, 0.05) is 50.0 Å². The van der Waals surface area contributed by atoms with E-state index in [9.17, 15) is 14.4 Å². The van der Waals surface area contributed by atoms with E-state index in [0.29, 0.717) is 41.7 Å². The molecule has 0 spiro atoms. The summed E-state index contributed by atoms with van der Waals surface area (Å²) in [5.74, 6) is 2.65. The van der Waals surface area contributed by atoms with Gasteiger partial charge in [0.05, 0.1) is 25.0 Å². The highest BCUT2D eigenvalue weighted by molar-refractivity contribution is 6.06. The molecule has 47 heavy (non-hydrogen) atoms. The van der Waals surface area contributed by atoms with Crippen LogP contribution in [0, 0.1) is 5.92 Å². The van der Waals surface area contributed by atoms with Gasteiger partial charge in [-0.25, -0.2) is 4.79 Å². The molecule has 0 bridgehead atoms. The van der Waals surface area contributed by atoms with E-state index in [2.05, 4.69) is 54.7 Å². The fourth-order valence-corrected chi connectivity index (χ4v) is 4.82. The minimum atomic E-state index is -0.439. The first-order valence-electron chi connectivity index (χ1n) is 16.1. The standard InChI is InChI=1S/C31H34N8O4.2C2H6/c1-32-31(42)27-24(14-26(37-38-27)36-30(41)20-12-13-20)35-23-11-7-10-22(28(23)43-3)21-15-33-29(34-16-21)25(18-40)39(2)17-19-8-5-4-6-9-19;2*1-2/h5,7-11,14-15,20H,4,6,12-13,16-17H2,1-3H3,(H,32,42)(H,33,34)(H2,35,36,37,41);2*1-2H3. The molecule has 2 heterocycles.